The molecule has 0 aliphatic rings. The predicted octanol–water partition coefficient (Wildman–Crippen LogP) is 4.11. The van der Waals surface area contributed by atoms with Crippen LogP contribution in [0, 0.1) is 0 Å². The Hall–Kier alpha value is -1.25. The molecule has 0 spiro atoms. The van der Waals surface area contributed by atoms with Gasteiger partial charge in [0.2, 0.25) is 0 Å². The van der Waals surface area contributed by atoms with Crippen molar-refractivity contribution >= 4 is 28.9 Å². The molecule has 1 aromatic carbocycles. The van der Waals surface area contributed by atoms with Gasteiger partial charge in [0, 0.05) is 42.6 Å². The van der Waals surface area contributed by atoms with Gasteiger partial charge in [-0.1, -0.05) is 17.7 Å². The first-order chi connectivity index (χ1) is 8.70. The second-order valence-electron chi connectivity index (χ2n) is 4.12. The van der Waals surface area contributed by atoms with E-state index >= 15 is 0 Å². The van der Waals surface area contributed by atoms with Crippen LogP contribution in [0.1, 0.15) is 11.1 Å². The molecule has 1 heterocycles. The minimum absolute atomic E-state index is 0.479. The second-order valence-corrected chi connectivity index (χ2v) is 4.82. The van der Waals surface area contributed by atoms with E-state index in [4.69, 9.17) is 23.2 Å². The lowest BCUT2D eigenvalue weighted by atomic mass is 10.1. The van der Waals surface area contributed by atoms with Crippen molar-refractivity contribution in [1.29, 1.82) is 0 Å². The van der Waals surface area contributed by atoms with Crippen molar-refractivity contribution in [3.05, 3.63) is 58.9 Å². The van der Waals surface area contributed by atoms with Crippen LogP contribution in [0.15, 0.2) is 42.7 Å². The zero-order valence-electron chi connectivity index (χ0n) is 10.1. The second kappa shape index (κ2) is 6.07. The summed E-state index contributed by atoms with van der Waals surface area (Å²) in [4.78, 5) is 6.15. The summed E-state index contributed by atoms with van der Waals surface area (Å²) >= 11 is 12.0. The summed E-state index contributed by atoms with van der Waals surface area (Å²) in [5.74, 6) is 0.479. The number of hydrogen-bond acceptors (Lipinski definition) is 2. The molecule has 0 aliphatic carbocycles. The Morgan fingerprint density at radius 2 is 1.89 bits per heavy atom. The SMILES string of the molecule is CN(Cc1ccncc1)c1cc(Cl)ccc1CCl. The Kier molecular flexibility index (Phi) is 4.45. The summed E-state index contributed by atoms with van der Waals surface area (Å²) in [5, 5.41) is 0.723. The van der Waals surface area contributed by atoms with Crippen LogP contribution in [-0.2, 0) is 12.4 Å². The molecule has 1 aromatic heterocycles. The van der Waals surface area contributed by atoms with Crippen molar-refractivity contribution in [3.8, 4) is 0 Å². The molecule has 0 unspecified atom stereocenters. The van der Waals surface area contributed by atoms with E-state index in [1.807, 2.05) is 37.4 Å². The lowest BCUT2D eigenvalue weighted by molar-refractivity contribution is 0.913. The van der Waals surface area contributed by atoms with E-state index in [1.54, 1.807) is 12.4 Å². The number of nitrogens with zero attached hydrogens (tertiary/aromatic N) is 2. The maximum Gasteiger partial charge on any atom is 0.0494 e. The number of pyridine rings is 1. The fourth-order valence-electron chi connectivity index (χ4n) is 1.85. The summed E-state index contributed by atoms with van der Waals surface area (Å²) < 4.78 is 0. The third kappa shape index (κ3) is 3.15. The number of rotatable bonds is 4. The maximum absolute atomic E-state index is 6.04. The lowest BCUT2D eigenvalue weighted by Gasteiger charge is -2.22. The molecule has 0 saturated carbocycles. The largest absolute Gasteiger partial charge is 0.370 e. The molecule has 0 radical (unpaired) electrons. The van der Waals surface area contributed by atoms with Gasteiger partial charge in [0.05, 0.1) is 0 Å². The van der Waals surface area contributed by atoms with E-state index in [2.05, 4.69) is 9.88 Å². The number of halogens is 2. The standard InChI is InChI=1S/C14H14Cl2N2/c1-18(10-11-4-6-17-7-5-11)14-8-13(16)3-2-12(14)9-15/h2-8H,9-10H2,1H3. The molecule has 2 rings (SSSR count). The number of benzene rings is 1. The smallest absolute Gasteiger partial charge is 0.0494 e. The Balaban J connectivity index is 2.23. The highest BCUT2D eigenvalue weighted by atomic mass is 35.5. The molecule has 0 N–H and O–H groups in total. The van der Waals surface area contributed by atoms with Gasteiger partial charge in [-0.05, 0) is 35.4 Å². The topological polar surface area (TPSA) is 16.1 Å². The van der Waals surface area contributed by atoms with E-state index < -0.39 is 0 Å². The normalized spacial score (nSPS) is 10.4. The monoisotopic (exact) mass is 280 g/mol. The first-order valence-corrected chi connectivity index (χ1v) is 6.56. The van der Waals surface area contributed by atoms with Crippen molar-refractivity contribution in [2.45, 2.75) is 12.4 Å². The van der Waals surface area contributed by atoms with Crippen molar-refractivity contribution in [1.82, 2.24) is 4.98 Å². The highest BCUT2D eigenvalue weighted by Crippen LogP contribution is 2.26. The summed E-state index contributed by atoms with van der Waals surface area (Å²) in [5.41, 5.74) is 3.35. The summed E-state index contributed by atoms with van der Waals surface area (Å²) in [6, 6.07) is 9.78. The Bertz CT molecular complexity index is 514. The van der Waals surface area contributed by atoms with Crippen LogP contribution in [0.3, 0.4) is 0 Å². The van der Waals surface area contributed by atoms with E-state index in [1.165, 1.54) is 5.56 Å². The van der Waals surface area contributed by atoms with Gasteiger partial charge in [0.15, 0.2) is 0 Å². The van der Waals surface area contributed by atoms with Crippen LogP contribution in [0.5, 0.6) is 0 Å². The lowest BCUT2D eigenvalue weighted by Crippen LogP contribution is -2.17. The fourth-order valence-corrected chi connectivity index (χ4v) is 2.24. The quantitative estimate of drug-likeness (QED) is 0.784. The minimum Gasteiger partial charge on any atom is -0.370 e. The van der Waals surface area contributed by atoms with Crippen LogP contribution < -0.4 is 4.90 Å². The van der Waals surface area contributed by atoms with Gasteiger partial charge in [-0.25, -0.2) is 0 Å². The van der Waals surface area contributed by atoms with Crippen molar-refractivity contribution in [3.63, 3.8) is 0 Å². The van der Waals surface area contributed by atoms with Crippen molar-refractivity contribution in [2.24, 2.45) is 0 Å². The van der Waals surface area contributed by atoms with Crippen LogP contribution in [0.25, 0.3) is 0 Å². The van der Waals surface area contributed by atoms with Crippen molar-refractivity contribution in [2.75, 3.05) is 11.9 Å². The highest BCUT2D eigenvalue weighted by molar-refractivity contribution is 6.31. The highest BCUT2D eigenvalue weighted by Gasteiger charge is 2.08. The summed E-state index contributed by atoms with van der Waals surface area (Å²) in [6.45, 7) is 0.798. The van der Waals surface area contributed by atoms with Gasteiger partial charge < -0.3 is 4.90 Å². The molecule has 4 heteroatoms. The predicted molar refractivity (Wildman–Crippen MR) is 77.4 cm³/mol. The molecule has 0 fully saturated rings. The number of aromatic nitrogens is 1. The van der Waals surface area contributed by atoms with Gasteiger partial charge in [0.25, 0.3) is 0 Å². The van der Waals surface area contributed by atoms with Crippen LogP contribution in [-0.4, -0.2) is 12.0 Å². The Morgan fingerprint density at radius 3 is 2.56 bits per heavy atom. The van der Waals surface area contributed by atoms with Crippen LogP contribution in [0.2, 0.25) is 5.02 Å². The van der Waals surface area contributed by atoms with Gasteiger partial charge in [-0.2, -0.15) is 0 Å². The number of alkyl halides is 1. The molecule has 2 nitrogen and oxygen atoms in total. The number of anilines is 1. The Morgan fingerprint density at radius 1 is 1.17 bits per heavy atom. The third-order valence-corrected chi connectivity index (χ3v) is 3.29. The fraction of sp³-hybridized carbons (Fsp3) is 0.214. The first-order valence-electron chi connectivity index (χ1n) is 5.65. The van der Waals surface area contributed by atoms with E-state index in [0.717, 1.165) is 22.8 Å². The average molecular weight is 281 g/mol. The molecular formula is C14H14Cl2N2. The van der Waals surface area contributed by atoms with Gasteiger partial charge in [0.1, 0.15) is 0 Å². The van der Waals surface area contributed by atoms with Crippen LogP contribution >= 0.6 is 23.2 Å². The third-order valence-electron chi connectivity index (χ3n) is 2.77. The van der Waals surface area contributed by atoms with Crippen LogP contribution in [0.4, 0.5) is 5.69 Å². The molecule has 2 aromatic rings. The van der Waals surface area contributed by atoms with E-state index in [0.29, 0.717) is 5.88 Å². The molecule has 94 valence electrons. The molecular weight excluding hydrogens is 267 g/mol. The molecule has 0 bridgehead atoms. The average Bonchev–Trinajstić information content (AvgIpc) is 2.40. The minimum atomic E-state index is 0.479. The van der Waals surface area contributed by atoms with Gasteiger partial charge in [-0.15, -0.1) is 11.6 Å². The Labute approximate surface area is 117 Å². The molecule has 0 atom stereocenters. The molecule has 0 saturated heterocycles. The summed E-state index contributed by atoms with van der Waals surface area (Å²) in [7, 11) is 2.03. The zero-order chi connectivity index (χ0) is 13.0. The zero-order valence-corrected chi connectivity index (χ0v) is 11.6. The van der Waals surface area contributed by atoms with Crippen molar-refractivity contribution < 1.29 is 0 Å². The molecule has 18 heavy (non-hydrogen) atoms. The maximum atomic E-state index is 6.04. The number of hydrogen-bond donors (Lipinski definition) is 0. The summed E-state index contributed by atoms with van der Waals surface area (Å²) in [6.07, 6.45) is 3.59. The first kappa shape index (κ1) is 13.2. The van der Waals surface area contributed by atoms with Gasteiger partial charge >= 0.3 is 0 Å². The van der Waals surface area contributed by atoms with E-state index in [-0.39, 0.29) is 0 Å². The molecule has 0 amide bonds. The van der Waals surface area contributed by atoms with E-state index in [9.17, 15) is 0 Å². The molecule has 0 aliphatic heterocycles. The van der Waals surface area contributed by atoms with Gasteiger partial charge in [-0.3, -0.25) is 4.98 Å².